The van der Waals surface area contributed by atoms with E-state index in [1.54, 1.807) is 6.07 Å². The number of nitrogens with one attached hydrogen (secondary N) is 1. The van der Waals surface area contributed by atoms with Crippen molar-refractivity contribution in [2.24, 2.45) is 0 Å². The van der Waals surface area contributed by atoms with Gasteiger partial charge < -0.3 is 14.8 Å². The van der Waals surface area contributed by atoms with Crippen molar-refractivity contribution in [1.29, 1.82) is 0 Å². The van der Waals surface area contributed by atoms with Crippen LogP contribution in [0.3, 0.4) is 0 Å². The van der Waals surface area contributed by atoms with Crippen LogP contribution in [0.5, 0.6) is 0 Å². The number of nitrogens with zero attached hydrogens (tertiary/aromatic N) is 7. The second-order valence-corrected chi connectivity index (χ2v) is 9.89. The highest BCUT2D eigenvalue weighted by Gasteiger charge is 2.25. The van der Waals surface area contributed by atoms with Gasteiger partial charge in [-0.15, -0.1) is 0 Å². The lowest BCUT2D eigenvalue weighted by Gasteiger charge is -2.33. The van der Waals surface area contributed by atoms with E-state index in [1.807, 2.05) is 22.9 Å². The molecule has 5 heterocycles. The van der Waals surface area contributed by atoms with Gasteiger partial charge in [-0.05, 0) is 43.7 Å². The molecule has 4 aromatic rings. The van der Waals surface area contributed by atoms with Gasteiger partial charge in [-0.1, -0.05) is 13.0 Å². The molecule has 0 saturated carbocycles. The fourth-order valence-electron chi connectivity index (χ4n) is 5.33. The highest BCUT2D eigenvalue weighted by molar-refractivity contribution is 5.83. The van der Waals surface area contributed by atoms with E-state index in [9.17, 15) is 8.78 Å². The van der Waals surface area contributed by atoms with Gasteiger partial charge in [0.05, 0.1) is 11.7 Å². The molecule has 1 unspecified atom stereocenters. The maximum Gasteiger partial charge on any atom is 0.229 e. The van der Waals surface area contributed by atoms with Crippen molar-refractivity contribution in [3.8, 4) is 11.3 Å². The number of aromatic nitrogens is 5. The molecule has 1 N–H and O–H groups in total. The molecule has 0 spiro atoms. The Balaban J connectivity index is 1.21. The van der Waals surface area contributed by atoms with Crippen molar-refractivity contribution in [3.63, 3.8) is 0 Å². The minimum Gasteiger partial charge on any atom is -0.325 e. The first-order chi connectivity index (χ1) is 18.0. The number of benzene rings is 1. The van der Waals surface area contributed by atoms with Gasteiger partial charge in [0, 0.05) is 56.9 Å². The van der Waals surface area contributed by atoms with Crippen molar-refractivity contribution in [3.05, 3.63) is 59.7 Å². The van der Waals surface area contributed by atoms with Crippen LogP contribution >= 0.6 is 0 Å². The molecule has 0 radical (unpaired) electrons. The lowest BCUT2D eigenvalue weighted by atomic mass is 10.1. The van der Waals surface area contributed by atoms with Gasteiger partial charge >= 0.3 is 0 Å². The maximum atomic E-state index is 15.0. The Kier molecular flexibility index (Phi) is 6.29. The van der Waals surface area contributed by atoms with Crippen molar-refractivity contribution in [2.75, 3.05) is 38.0 Å². The fourth-order valence-corrected chi connectivity index (χ4v) is 5.33. The molecule has 1 atom stereocenters. The average molecular weight is 505 g/mol. The van der Waals surface area contributed by atoms with Crippen LogP contribution < -0.4 is 5.32 Å². The summed E-state index contributed by atoms with van der Waals surface area (Å²) in [6, 6.07) is 7.16. The van der Waals surface area contributed by atoms with Gasteiger partial charge in [0.25, 0.3) is 0 Å². The number of imidazole rings is 1. The van der Waals surface area contributed by atoms with Gasteiger partial charge in [0.15, 0.2) is 11.6 Å². The summed E-state index contributed by atoms with van der Waals surface area (Å²) in [5.41, 5.74) is 2.48. The van der Waals surface area contributed by atoms with Gasteiger partial charge in [0.1, 0.15) is 22.9 Å². The quantitative estimate of drug-likeness (QED) is 0.413. The summed E-state index contributed by atoms with van der Waals surface area (Å²) in [6.07, 6.45) is 4.70. The zero-order chi connectivity index (χ0) is 25.5. The first-order valence-electron chi connectivity index (χ1n) is 12.9. The maximum absolute atomic E-state index is 15.0. The number of aryl methyl sites for hydroxylation is 1. The number of rotatable bonds is 6. The fraction of sp³-hybridized carbons (Fsp3) is 0.407. The molecule has 8 nitrogen and oxygen atoms in total. The number of hydrogen-bond acceptors (Lipinski definition) is 7. The van der Waals surface area contributed by atoms with E-state index in [-0.39, 0.29) is 17.7 Å². The normalized spacial score (nSPS) is 18.4. The molecule has 1 saturated heterocycles. The Bertz CT molecular complexity index is 1430. The number of fused-ring (bicyclic) bond motifs is 3. The van der Waals surface area contributed by atoms with E-state index >= 15 is 0 Å². The second-order valence-electron chi connectivity index (χ2n) is 9.89. The van der Waals surface area contributed by atoms with Crippen molar-refractivity contribution >= 4 is 22.8 Å². The minimum absolute atomic E-state index is 0.0299. The molecule has 192 valence electrons. The Morgan fingerprint density at radius 2 is 1.78 bits per heavy atom. The van der Waals surface area contributed by atoms with E-state index in [4.69, 9.17) is 0 Å². The third kappa shape index (κ3) is 4.67. The van der Waals surface area contributed by atoms with Crippen LogP contribution in [-0.4, -0.2) is 67.0 Å². The summed E-state index contributed by atoms with van der Waals surface area (Å²) >= 11 is 0. The van der Waals surface area contributed by atoms with Crippen LogP contribution in [-0.2, 0) is 13.0 Å². The SMILES string of the molecule is CCN1CCN(Cc2ccc(Nc3ncc(F)c(-c4cc(F)c5nc6n(c5c4)C(C)CC6)n3)nc2)CC1. The molecule has 0 bridgehead atoms. The first kappa shape index (κ1) is 23.9. The Labute approximate surface area is 214 Å². The predicted octanol–water partition coefficient (Wildman–Crippen LogP) is 4.55. The standard InChI is InChI=1S/C27H30F2N8/c1-3-35-8-10-36(11-9-35)16-18-5-6-23(30-14-18)32-27-31-15-21(29)25(34-27)19-12-20(28)26-22(13-19)37-17(2)4-7-24(37)33-26/h5-6,12-15,17H,3-4,7-11,16H2,1-2H3,(H,30,31,32,34). The Hall–Kier alpha value is -3.50. The third-order valence-corrected chi connectivity index (χ3v) is 7.45. The number of likely N-dealkylation sites (N-methyl/N-ethyl adjacent to an activating group) is 1. The van der Waals surface area contributed by atoms with E-state index < -0.39 is 11.6 Å². The predicted molar refractivity (Wildman–Crippen MR) is 139 cm³/mol. The molecule has 2 aliphatic rings. The number of hydrogen-bond donors (Lipinski definition) is 1. The Morgan fingerprint density at radius 1 is 0.973 bits per heavy atom. The molecule has 2 aliphatic heterocycles. The molecule has 37 heavy (non-hydrogen) atoms. The highest BCUT2D eigenvalue weighted by Crippen LogP contribution is 2.34. The van der Waals surface area contributed by atoms with Crippen LogP contribution in [0.15, 0.2) is 36.7 Å². The van der Waals surface area contributed by atoms with Crippen LogP contribution in [0.2, 0.25) is 0 Å². The smallest absolute Gasteiger partial charge is 0.229 e. The molecule has 6 rings (SSSR count). The number of pyridine rings is 1. The number of piperazine rings is 1. The van der Waals surface area contributed by atoms with Gasteiger partial charge in [0.2, 0.25) is 5.95 Å². The molecular weight excluding hydrogens is 474 g/mol. The molecule has 10 heteroatoms. The van der Waals surface area contributed by atoms with E-state index in [0.717, 1.165) is 69.7 Å². The lowest BCUT2D eigenvalue weighted by Crippen LogP contribution is -2.45. The summed E-state index contributed by atoms with van der Waals surface area (Å²) in [6.45, 7) is 10.5. The lowest BCUT2D eigenvalue weighted by molar-refractivity contribution is 0.132. The van der Waals surface area contributed by atoms with Crippen LogP contribution in [0.25, 0.3) is 22.3 Å². The second kappa shape index (κ2) is 9.75. The topological polar surface area (TPSA) is 75.0 Å². The number of anilines is 2. The minimum atomic E-state index is -0.620. The molecule has 1 fully saturated rings. The third-order valence-electron chi connectivity index (χ3n) is 7.45. The molecule has 0 amide bonds. The molecule has 1 aromatic carbocycles. The van der Waals surface area contributed by atoms with E-state index in [0.29, 0.717) is 22.4 Å². The van der Waals surface area contributed by atoms with Crippen molar-refractivity contribution < 1.29 is 8.78 Å². The molecular formula is C27H30F2N8. The van der Waals surface area contributed by atoms with E-state index in [2.05, 4.69) is 48.9 Å². The monoisotopic (exact) mass is 504 g/mol. The Morgan fingerprint density at radius 3 is 2.54 bits per heavy atom. The van der Waals surface area contributed by atoms with Gasteiger partial charge in [-0.2, -0.15) is 0 Å². The summed E-state index contributed by atoms with van der Waals surface area (Å²) in [5, 5.41) is 3.05. The zero-order valence-corrected chi connectivity index (χ0v) is 21.1. The van der Waals surface area contributed by atoms with Crippen molar-refractivity contribution in [2.45, 2.75) is 39.3 Å². The average Bonchev–Trinajstić information content (AvgIpc) is 3.47. The van der Waals surface area contributed by atoms with Gasteiger partial charge in [-0.25, -0.2) is 28.7 Å². The molecule has 3 aromatic heterocycles. The summed E-state index contributed by atoms with van der Waals surface area (Å²) in [4.78, 5) is 22.3. The van der Waals surface area contributed by atoms with Gasteiger partial charge in [-0.3, -0.25) is 4.90 Å². The summed E-state index contributed by atoms with van der Waals surface area (Å²) in [7, 11) is 0. The first-order valence-corrected chi connectivity index (χ1v) is 12.9. The summed E-state index contributed by atoms with van der Waals surface area (Å²) < 4.78 is 31.8. The van der Waals surface area contributed by atoms with Crippen LogP contribution in [0, 0.1) is 11.6 Å². The largest absolute Gasteiger partial charge is 0.325 e. The molecule has 0 aliphatic carbocycles. The van der Waals surface area contributed by atoms with Crippen molar-refractivity contribution in [1.82, 2.24) is 34.3 Å². The zero-order valence-electron chi connectivity index (χ0n) is 21.1. The summed E-state index contributed by atoms with van der Waals surface area (Å²) in [5.74, 6) is 0.509. The number of halogens is 2. The van der Waals surface area contributed by atoms with E-state index in [1.165, 1.54) is 6.07 Å². The van der Waals surface area contributed by atoms with Crippen LogP contribution in [0.1, 0.15) is 37.7 Å². The highest BCUT2D eigenvalue weighted by atomic mass is 19.1. The van der Waals surface area contributed by atoms with Crippen LogP contribution in [0.4, 0.5) is 20.5 Å².